The van der Waals surface area contributed by atoms with E-state index in [2.05, 4.69) is 18.7 Å². The van der Waals surface area contributed by atoms with E-state index in [1.807, 2.05) is 6.07 Å². The van der Waals surface area contributed by atoms with Crippen LogP contribution in [0.15, 0.2) is 16.7 Å². The van der Waals surface area contributed by atoms with E-state index in [0.717, 1.165) is 25.3 Å². The molecule has 2 N–H and O–H groups in total. The van der Waals surface area contributed by atoms with Crippen LogP contribution < -0.4 is 5.73 Å². The van der Waals surface area contributed by atoms with Crippen LogP contribution >= 0.6 is 0 Å². The Bertz CT molecular complexity index is 348. The Hall–Kier alpha value is -0.800. The zero-order valence-corrected chi connectivity index (χ0v) is 11.0. The molecular weight excluding hydrogens is 212 g/mol. The number of likely N-dealkylation sites (tertiary alicyclic amines) is 1. The second-order valence-electron chi connectivity index (χ2n) is 5.11. The van der Waals surface area contributed by atoms with Crippen molar-refractivity contribution in [2.45, 2.75) is 51.6 Å². The normalized spacial score (nSPS) is 27.0. The lowest BCUT2D eigenvalue weighted by Crippen LogP contribution is -2.40. The molecule has 3 heteroatoms. The summed E-state index contributed by atoms with van der Waals surface area (Å²) in [7, 11) is 0. The topological polar surface area (TPSA) is 42.4 Å². The Labute approximate surface area is 104 Å². The number of nitrogens with two attached hydrogens (primary N) is 1. The fourth-order valence-electron chi connectivity index (χ4n) is 2.85. The molecule has 1 saturated heterocycles. The van der Waals surface area contributed by atoms with E-state index in [0.29, 0.717) is 0 Å². The number of furan rings is 1. The van der Waals surface area contributed by atoms with Crippen LogP contribution in [0, 0.1) is 6.92 Å². The maximum atomic E-state index is 6.36. The van der Waals surface area contributed by atoms with Gasteiger partial charge in [-0.05, 0) is 50.9 Å². The third kappa shape index (κ3) is 2.72. The van der Waals surface area contributed by atoms with Crippen LogP contribution in [-0.4, -0.2) is 24.0 Å². The Morgan fingerprint density at radius 3 is 2.94 bits per heavy atom. The van der Waals surface area contributed by atoms with Gasteiger partial charge in [-0.15, -0.1) is 0 Å². The van der Waals surface area contributed by atoms with Crippen molar-refractivity contribution in [3.63, 3.8) is 0 Å². The fourth-order valence-corrected chi connectivity index (χ4v) is 2.85. The first-order chi connectivity index (χ1) is 8.24. The minimum Gasteiger partial charge on any atom is -0.467 e. The second-order valence-corrected chi connectivity index (χ2v) is 5.11. The number of hydrogen-bond acceptors (Lipinski definition) is 3. The molecule has 96 valence electrons. The number of hydrogen-bond donors (Lipinski definition) is 1. The number of aryl methyl sites for hydroxylation is 1. The van der Waals surface area contributed by atoms with Gasteiger partial charge >= 0.3 is 0 Å². The standard InChI is InChI=1S/C14H24N2O/c1-3-8-16-9-5-4-6-12(15)13(16)14-11(2)7-10-17-14/h7,10,12-13H,3-6,8-9,15H2,1-2H3. The molecule has 17 heavy (non-hydrogen) atoms. The van der Waals surface area contributed by atoms with Crippen molar-refractivity contribution in [2.24, 2.45) is 5.73 Å². The maximum absolute atomic E-state index is 6.36. The Morgan fingerprint density at radius 2 is 2.29 bits per heavy atom. The third-order valence-corrected chi connectivity index (χ3v) is 3.71. The van der Waals surface area contributed by atoms with E-state index in [9.17, 15) is 0 Å². The van der Waals surface area contributed by atoms with Crippen molar-refractivity contribution >= 4 is 0 Å². The first kappa shape index (κ1) is 12.7. The van der Waals surface area contributed by atoms with Crippen LogP contribution in [0.2, 0.25) is 0 Å². The van der Waals surface area contributed by atoms with Gasteiger partial charge in [0.1, 0.15) is 5.76 Å². The molecule has 1 aliphatic rings. The van der Waals surface area contributed by atoms with E-state index in [-0.39, 0.29) is 12.1 Å². The molecule has 0 spiro atoms. The molecule has 1 aromatic heterocycles. The van der Waals surface area contributed by atoms with Crippen molar-refractivity contribution in [1.82, 2.24) is 4.90 Å². The molecule has 0 aromatic carbocycles. The molecule has 2 rings (SSSR count). The zero-order chi connectivity index (χ0) is 12.3. The van der Waals surface area contributed by atoms with E-state index in [1.54, 1.807) is 6.26 Å². The summed E-state index contributed by atoms with van der Waals surface area (Å²) in [5, 5.41) is 0. The van der Waals surface area contributed by atoms with Gasteiger partial charge in [0.15, 0.2) is 0 Å². The Morgan fingerprint density at radius 1 is 1.47 bits per heavy atom. The van der Waals surface area contributed by atoms with Crippen LogP contribution in [0.5, 0.6) is 0 Å². The van der Waals surface area contributed by atoms with Crippen molar-refractivity contribution in [2.75, 3.05) is 13.1 Å². The van der Waals surface area contributed by atoms with Crippen LogP contribution in [0.3, 0.4) is 0 Å². The fraction of sp³-hybridized carbons (Fsp3) is 0.714. The van der Waals surface area contributed by atoms with Crippen molar-refractivity contribution in [3.8, 4) is 0 Å². The van der Waals surface area contributed by atoms with E-state index < -0.39 is 0 Å². The monoisotopic (exact) mass is 236 g/mol. The molecule has 0 amide bonds. The molecule has 1 aliphatic heterocycles. The van der Waals surface area contributed by atoms with Gasteiger partial charge < -0.3 is 10.2 Å². The van der Waals surface area contributed by atoms with E-state index >= 15 is 0 Å². The summed E-state index contributed by atoms with van der Waals surface area (Å²) in [5.41, 5.74) is 7.59. The smallest absolute Gasteiger partial charge is 0.125 e. The molecule has 1 fully saturated rings. The molecule has 0 saturated carbocycles. The summed E-state index contributed by atoms with van der Waals surface area (Å²) in [5.74, 6) is 1.08. The van der Waals surface area contributed by atoms with Gasteiger partial charge in [0.2, 0.25) is 0 Å². The molecule has 0 aliphatic carbocycles. The summed E-state index contributed by atoms with van der Waals surface area (Å²) >= 11 is 0. The SMILES string of the molecule is CCCN1CCCCC(N)C1c1occc1C. The van der Waals surface area contributed by atoms with E-state index in [4.69, 9.17) is 10.2 Å². The van der Waals surface area contributed by atoms with Gasteiger partial charge in [-0.3, -0.25) is 4.90 Å². The van der Waals surface area contributed by atoms with Gasteiger partial charge in [-0.2, -0.15) is 0 Å². The highest BCUT2D eigenvalue weighted by atomic mass is 16.3. The molecule has 3 nitrogen and oxygen atoms in total. The minimum absolute atomic E-state index is 0.203. The summed E-state index contributed by atoms with van der Waals surface area (Å²) in [6.45, 7) is 6.59. The number of rotatable bonds is 3. The maximum Gasteiger partial charge on any atom is 0.125 e. The summed E-state index contributed by atoms with van der Waals surface area (Å²) in [6.07, 6.45) is 6.54. The molecule has 0 bridgehead atoms. The first-order valence-electron chi connectivity index (χ1n) is 6.77. The highest BCUT2D eigenvalue weighted by Crippen LogP contribution is 2.31. The zero-order valence-electron chi connectivity index (χ0n) is 11.0. The second kappa shape index (κ2) is 5.69. The average Bonchev–Trinajstić information content (AvgIpc) is 2.63. The Balaban J connectivity index is 2.26. The summed E-state index contributed by atoms with van der Waals surface area (Å²) < 4.78 is 5.68. The van der Waals surface area contributed by atoms with E-state index in [1.165, 1.54) is 24.8 Å². The largest absolute Gasteiger partial charge is 0.467 e. The number of nitrogens with zero attached hydrogens (tertiary/aromatic N) is 1. The molecule has 1 aromatic rings. The van der Waals surface area contributed by atoms with Crippen LogP contribution in [-0.2, 0) is 0 Å². The van der Waals surface area contributed by atoms with Crippen molar-refractivity contribution in [3.05, 3.63) is 23.7 Å². The minimum atomic E-state index is 0.203. The van der Waals surface area contributed by atoms with Crippen LogP contribution in [0.4, 0.5) is 0 Å². The summed E-state index contributed by atoms with van der Waals surface area (Å²) in [4.78, 5) is 2.50. The lowest BCUT2D eigenvalue weighted by atomic mass is 9.99. The van der Waals surface area contributed by atoms with Crippen LogP contribution in [0.25, 0.3) is 0 Å². The van der Waals surface area contributed by atoms with Crippen LogP contribution in [0.1, 0.15) is 50.0 Å². The van der Waals surface area contributed by atoms with Gasteiger partial charge in [-0.25, -0.2) is 0 Å². The van der Waals surface area contributed by atoms with Gasteiger partial charge in [0.25, 0.3) is 0 Å². The van der Waals surface area contributed by atoms with Gasteiger partial charge in [0, 0.05) is 6.04 Å². The van der Waals surface area contributed by atoms with Crippen molar-refractivity contribution in [1.29, 1.82) is 0 Å². The molecular formula is C14H24N2O. The molecule has 2 heterocycles. The highest BCUT2D eigenvalue weighted by molar-refractivity contribution is 5.20. The Kier molecular flexibility index (Phi) is 4.24. The molecule has 2 unspecified atom stereocenters. The predicted molar refractivity (Wildman–Crippen MR) is 69.9 cm³/mol. The first-order valence-corrected chi connectivity index (χ1v) is 6.77. The van der Waals surface area contributed by atoms with Gasteiger partial charge in [0.05, 0.1) is 12.3 Å². The predicted octanol–water partition coefficient (Wildman–Crippen LogP) is 2.85. The summed E-state index contributed by atoms with van der Waals surface area (Å²) in [6, 6.07) is 2.51. The lowest BCUT2D eigenvalue weighted by molar-refractivity contribution is 0.162. The average molecular weight is 236 g/mol. The van der Waals surface area contributed by atoms with Gasteiger partial charge in [-0.1, -0.05) is 13.3 Å². The highest BCUT2D eigenvalue weighted by Gasteiger charge is 2.31. The third-order valence-electron chi connectivity index (χ3n) is 3.71. The quantitative estimate of drug-likeness (QED) is 0.877. The van der Waals surface area contributed by atoms with Crippen molar-refractivity contribution < 1.29 is 4.42 Å². The molecule has 2 atom stereocenters. The lowest BCUT2D eigenvalue weighted by Gasteiger charge is -2.32. The molecule has 0 radical (unpaired) electrons.